The van der Waals surface area contributed by atoms with E-state index >= 15 is 0 Å². The lowest BCUT2D eigenvalue weighted by Crippen LogP contribution is -2.28. The van der Waals surface area contributed by atoms with Gasteiger partial charge in [0.05, 0.1) is 5.52 Å². The van der Waals surface area contributed by atoms with Gasteiger partial charge in [0, 0.05) is 28.8 Å². The zero-order valence-electron chi connectivity index (χ0n) is 13.0. The van der Waals surface area contributed by atoms with Crippen LogP contribution in [0.4, 0.5) is 5.69 Å². The Morgan fingerprint density at radius 3 is 2.71 bits per heavy atom. The quantitative estimate of drug-likeness (QED) is 0.780. The van der Waals surface area contributed by atoms with Crippen LogP contribution in [0.15, 0.2) is 30.5 Å². The van der Waals surface area contributed by atoms with Gasteiger partial charge < -0.3 is 10.6 Å². The van der Waals surface area contributed by atoms with Crippen molar-refractivity contribution < 1.29 is 0 Å². The number of fused-ring (bicyclic) bond motifs is 1. The first-order chi connectivity index (χ1) is 9.96. The van der Waals surface area contributed by atoms with Crippen molar-refractivity contribution in [2.24, 2.45) is 5.41 Å². The summed E-state index contributed by atoms with van der Waals surface area (Å²) in [6.07, 6.45) is 2.91. The maximum atomic E-state index is 6.00. The molecule has 1 aromatic heterocycles. The molecule has 0 fully saturated rings. The van der Waals surface area contributed by atoms with Crippen molar-refractivity contribution in [3.63, 3.8) is 0 Å². The van der Waals surface area contributed by atoms with E-state index in [-0.39, 0.29) is 0 Å². The van der Waals surface area contributed by atoms with Crippen LogP contribution in [0.3, 0.4) is 0 Å². The van der Waals surface area contributed by atoms with E-state index < -0.39 is 0 Å². The van der Waals surface area contributed by atoms with E-state index in [2.05, 4.69) is 36.4 Å². The lowest BCUT2D eigenvalue weighted by atomic mass is 9.97. The minimum absolute atomic E-state index is 0.341. The van der Waals surface area contributed by atoms with E-state index in [0.717, 1.165) is 47.7 Å². The molecule has 0 bridgehead atoms. The lowest BCUT2D eigenvalue weighted by molar-refractivity contribution is 0.380. The summed E-state index contributed by atoms with van der Waals surface area (Å²) in [6.45, 7) is 9.74. The second-order valence-corrected chi connectivity index (χ2v) is 6.97. The van der Waals surface area contributed by atoms with Crippen molar-refractivity contribution in [2.75, 3.05) is 25.0 Å². The number of anilines is 1. The molecule has 2 rings (SSSR count). The Kier molecular flexibility index (Phi) is 5.43. The minimum Gasteiger partial charge on any atom is -0.384 e. The summed E-state index contributed by atoms with van der Waals surface area (Å²) in [4.78, 5) is 4.35. The number of rotatable bonds is 6. The van der Waals surface area contributed by atoms with Crippen molar-refractivity contribution in [2.45, 2.75) is 27.2 Å². The Morgan fingerprint density at radius 2 is 1.95 bits per heavy atom. The topological polar surface area (TPSA) is 37.0 Å². The summed E-state index contributed by atoms with van der Waals surface area (Å²) >= 11 is 6.00. The second-order valence-electron chi connectivity index (χ2n) is 6.54. The SMILES string of the molecule is CC(C)(C)CNCCCNc1ccnc2cc(Cl)ccc12. The number of hydrogen-bond acceptors (Lipinski definition) is 3. The number of nitrogens with zero attached hydrogens (tertiary/aromatic N) is 1. The molecule has 0 atom stereocenters. The van der Waals surface area contributed by atoms with Gasteiger partial charge in [0.25, 0.3) is 0 Å². The first-order valence-corrected chi connectivity index (χ1v) is 7.82. The molecule has 0 aliphatic carbocycles. The molecule has 114 valence electrons. The van der Waals surface area contributed by atoms with Crippen molar-refractivity contribution >= 4 is 28.2 Å². The smallest absolute Gasteiger partial charge is 0.0737 e. The summed E-state index contributed by atoms with van der Waals surface area (Å²) in [7, 11) is 0. The molecule has 0 saturated carbocycles. The third-order valence-electron chi connectivity index (χ3n) is 3.21. The molecular formula is C17H24ClN3. The van der Waals surface area contributed by atoms with Gasteiger partial charge in [0.1, 0.15) is 0 Å². The molecular weight excluding hydrogens is 282 g/mol. The lowest BCUT2D eigenvalue weighted by Gasteiger charge is -2.18. The van der Waals surface area contributed by atoms with E-state index in [1.54, 1.807) is 0 Å². The van der Waals surface area contributed by atoms with Crippen LogP contribution < -0.4 is 10.6 Å². The van der Waals surface area contributed by atoms with E-state index in [4.69, 9.17) is 11.6 Å². The Bertz CT molecular complexity index is 590. The Balaban J connectivity index is 1.84. The average Bonchev–Trinajstić information content (AvgIpc) is 2.41. The largest absolute Gasteiger partial charge is 0.384 e. The zero-order valence-corrected chi connectivity index (χ0v) is 13.8. The molecule has 1 aromatic carbocycles. The number of halogens is 1. The van der Waals surface area contributed by atoms with Crippen molar-refractivity contribution in [1.82, 2.24) is 10.3 Å². The van der Waals surface area contributed by atoms with Crippen molar-refractivity contribution in [3.05, 3.63) is 35.5 Å². The fourth-order valence-corrected chi connectivity index (χ4v) is 2.34. The molecule has 0 unspecified atom stereocenters. The molecule has 0 amide bonds. The fraction of sp³-hybridized carbons (Fsp3) is 0.471. The normalized spacial score (nSPS) is 11.8. The molecule has 0 radical (unpaired) electrons. The van der Waals surface area contributed by atoms with E-state index in [1.165, 1.54) is 0 Å². The Hall–Kier alpha value is -1.32. The van der Waals surface area contributed by atoms with Crippen LogP contribution in [0.5, 0.6) is 0 Å². The van der Waals surface area contributed by atoms with Crippen LogP contribution in [-0.4, -0.2) is 24.6 Å². The molecule has 0 spiro atoms. The molecule has 0 saturated heterocycles. The van der Waals surface area contributed by atoms with Gasteiger partial charge in [-0.3, -0.25) is 4.98 Å². The second kappa shape index (κ2) is 7.10. The van der Waals surface area contributed by atoms with Gasteiger partial charge in [-0.1, -0.05) is 32.4 Å². The molecule has 4 heteroatoms. The highest BCUT2D eigenvalue weighted by atomic mass is 35.5. The zero-order chi connectivity index (χ0) is 15.3. The Labute approximate surface area is 132 Å². The minimum atomic E-state index is 0.341. The van der Waals surface area contributed by atoms with E-state index in [1.807, 2.05) is 30.5 Å². The van der Waals surface area contributed by atoms with E-state index in [9.17, 15) is 0 Å². The van der Waals surface area contributed by atoms with Gasteiger partial charge in [0.15, 0.2) is 0 Å². The predicted octanol–water partition coefficient (Wildman–Crippen LogP) is 4.33. The third-order valence-corrected chi connectivity index (χ3v) is 3.44. The van der Waals surface area contributed by atoms with Gasteiger partial charge in [-0.15, -0.1) is 0 Å². The van der Waals surface area contributed by atoms with E-state index in [0.29, 0.717) is 5.41 Å². The molecule has 21 heavy (non-hydrogen) atoms. The van der Waals surface area contributed by atoms with Crippen LogP contribution in [-0.2, 0) is 0 Å². The highest BCUT2D eigenvalue weighted by Gasteiger charge is 2.08. The summed E-state index contributed by atoms with van der Waals surface area (Å²) in [5.74, 6) is 0. The van der Waals surface area contributed by atoms with Crippen LogP contribution in [0, 0.1) is 5.41 Å². The van der Waals surface area contributed by atoms with Gasteiger partial charge in [-0.05, 0) is 49.2 Å². The monoisotopic (exact) mass is 305 g/mol. The molecule has 2 aromatic rings. The summed E-state index contributed by atoms with van der Waals surface area (Å²) in [6, 6.07) is 7.83. The van der Waals surface area contributed by atoms with Gasteiger partial charge in [-0.2, -0.15) is 0 Å². The van der Waals surface area contributed by atoms with Crippen LogP contribution in [0.25, 0.3) is 10.9 Å². The average molecular weight is 306 g/mol. The number of aromatic nitrogens is 1. The maximum Gasteiger partial charge on any atom is 0.0737 e. The molecule has 1 heterocycles. The van der Waals surface area contributed by atoms with Crippen LogP contribution >= 0.6 is 11.6 Å². The Morgan fingerprint density at radius 1 is 1.14 bits per heavy atom. The summed E-state index contributed by atoms with van der Waals surface area (Å²) < 4.78 is 0. The van der Waals surface area contributed by atoms with Gasteiger partial charge >= 0.3 is 0 Å². The summed E-state index contributed by atoms with van der Waals surface area (Å²) in [5, 5.41) is 8.80. The first-order valence-electron chi connectivity index (χ1n) is 7.45. The standard InChI is InChI=1S/C17H24ClN3/c1-17(2,3)12-19-8-4-9-20-15-7-10-21-16-11-13(18)5-6-14(15)16/h5-7,10-11,19H,4,8-9,12H2,1-3H3,(H,20,21). The fourth-order valence-electron chi connectivity index (χ4n) is 2.18. The van der Waals surface area contributed by atoms with Gasteiger partial charge in [-0.25, -0.2) is 0 Å². The van der Waals surface area contributed by atoms with Crippen molar-refractivity contribution in [3.8, 4) is 0 Å². The molecule has 3 nitrogen and oxygen atoms in total. The number of benzene rings is 1. The number of nitrogens with one attached hydrogen (secondary N) is 2. The molecule has 2 N–H and O–H groups in total. The van der Waals surface area contributed by atoms with Crippen LogP contribution in [0.2, 0.25) is 5.02 Å². The highest BCUT2D eigenvalue weighted by molar-refractivity contribution is 6.31. The third kappa shape index (κ3) is 5.18. The van der Waals surface area contributed by atoms with Gasteiger partial charge in [0.2, 0.25) is 0 Å². The molecule has 0 aliphatic heterocycles. The maximum absolute atomic E-state index is 6.00. The first kappa shape index (κ1) is 16.1. The number of pyridine rings is 1. The number of hydrogen-bond donors (Lipinski definition) is 2. The predicted molar refractivity (Wildman–Crippen MR) is 92.2 cm³/mol. The van der Waals surface area contributed by atoms with Crippen LogP contribution in [0.1, 0.15) is 27.2 Å². The highest BCUT2D eigenvalue weighted by Crippen LogP contribution is 2.24. The molecule has 0 aliphatic rings. The summed E-state index contributed by atoms with van der Waals surface area (Å²) in [5.41, 5.74) is 2.39. The van der Waals surface area contributed by atoms with Crippen molar-refractivity contribution in [1.29, 1.82) is 0 Å².